The largest absolute Gasteiger partial charge is 0.326 e. The minimum Gasteiger partial charge on any atom is -0.326 e. The zero-order chi connectivity index (χ0) is 18.8. The van der Waals surface area contributed by atoms with Crippen molar-refractivity contribution in [1.82, 2.24) is 5.48 Å². The van der Waals surface area contributed by atoms with Crippen LogP contribution in [0.3, 0.4) is 0 Å². The number of hydroxylamine groups is 1. The number of ketones is 1. The number of unbranched alkanes of at least 4 members (excludes halogenated alkanes) is 3. The standard InChI is InChI=1S/C18H24IN2O4P/c19-26-25-21-18(24)9-4-2-1-3-8-17(23)20-14-10-11-15-13(12-14)6-5-7-16(15)22/h10-12,26H,1-9H2,(H,20,23)(H,21,24). The second-order valence-corrected chi connectivity index (χ2v) is 8.00. The van der Waals surface area contributed by atoms with Gasteiger partial charge in [0, 0.05) is 30.5 Å². The Bertz CT molecular complexity index is 654. The van der Waals surface area contributed by atoms with Gasteiger partial charge in [-0.05, 0) is 71.5 Å². The minimum absolute atomic E-state index is 0.0127. The van der Waals surface area contributed by atoms with E-state index in [2.05, 4.69) is 10.8 Å². The van der Waals surface area contributed by atoms with Crippen LogP contribution < -0.4 is 10.8 Å². The SMILES string of the molecule is O=C(CCCCCCC(=O)Nc1ccc2c(c1)CCCC2=O)NOPI. The molecule has 0 saturated heterocycles. The smallest absolute Gasteiger partial charge is 0.243 e. The lowest BCUT2D eigenvalue weighted by Gasteiger charge is -2.16. The van der Waals surface area contributed by atoms with E-state index in [1.807, 2.05) is 34.2 Å². The van der Waals surface area contributed by atoms with Crippen LogP contribution in [-0.2, 0) is 20.6 Å². The lowest BCUT2D eigenvalue weighted by molar-refractivity contribution is -0.127. The number of rotatable bonds is 10. The van der Waals surface area contributed by atoms with Crippen molar-refractivity contribution in [2.45, 2.75) is 57.8 Å². The Kier molecular flexibility index (Phi) is 9.50. The van der Waals surface area contributed by atoms with Crippen LogP contribution in [0, 0.1) is 0 Å². The van der Waals surface area contributed by atoms with Crippen molar-refractivity contribution < 1.29 is 19.0 Å². The van der Waals surface area contributed by atoms with Gasteiger partial charge in [0.2, 0.25) is 11.8 Å². The fourth-order valence-corrected chi connectivity index (χ4v) is 3.48. The third-order valence-electron chi connectivity index (χ3n) is 4.30. The van der Waals surface area contributed by atoms with Crippen molar-refractivity contribution in [1.29, 1.82) is 0 Å². The van der Waals surface area contributed by atoms with Gasteiger partial charge in [-0.1, -0.05) is 12.8 Å². The summed E-state index contributed by atoms with van der Waals surface area (Å²) in [4.78, 5) is 35.2. The maximum Gasteiger partial charge on any atom is 0.243 e. The van der Waals surface area contributed by atoms with Crippen LogP contribution in [0.5, 0.6) is 0 Å². The first kappa shape index (κ1) is 21.3. The van der Waals surface area contributed by atoms with Crippen LogP contribution in [0.15, 0.2) is 18.2 Å². The van der Waals surface area contributed by atoms with Gasteiger partial charge in [-0.15, -0.1) is 0 Å². The first-order valence-electron chi connectivity index (χ1n) is 8.86. The van der Waals surface area contributed by atoms with Gasteiger partial charge in [0.05, 0.1) is 0 Å². The normalized spacial score (nSPS) is 13.7. The molecule has 0 spiro atoms. The molecule has 142 valence electrons. The van der Waals surface area contributed by atoms with Gasteiger partial charge in [0.1, 0.15) is 6.45 Å². The van der Waals surface area contributed by atoms with Gasteiger partial charge < -0.3 is 5.32 Å². The molecule has 6 nitrogen and oxygen atoms in total. The second-order valence-electron chi connectivity index (χ2n) is 6.32. The van der Waals surface area contributed by atoms with Crippen LogP contribution in [0.2, 0.25) is 0 Å². The highest BCUT2D eigenvalue weighted by Crippen LogP contribution is 2.24. The molecule has 1 aliphatic rings. The highest BCUT2D eigenvalue weighted by Gasteiger charge is 2.17. The van der Waals surface area contributed by atoms with Crippen molar-refractivity contribution in [3.63, 3.8) is 0 Å². The van der Waals surface area contributed by atoms with Crippen molar-refractivity contribution in [3.8, 4) is 0 Å². The molecule has 0 fully saturated rings. The van der Waals surface area contributed by atoms with Gasteiger partial charge >= 0.3 is 0 Å². The average Bonchev–Trinajstić information content (AvgIpc) is 2.63. The van der Waals surface area contributed by atoms with E-state index in [0.29, 0.717) is 19.3 Å². The van der Waals surface area contributed by atoms with Gasteiger partial charge in [-0.25, -0.2) is 10.1 Å². The molecule has 0 saturated carbocycles. The van der Waals surface area contributed by atoms with E-state index < -0.39 is 0 Å². The van der Waals surface area contributed by atoms with E-state index in [1.54, 1.807) is 6.07 Å². The maximum absolute atomic E-state index is 12.0. The van der Waals surface area contributed by atoms with Gasteiger partial charge in [-0.2, -0.15) is 0 Å². The van der Waals surface area contributed by atoms with Crippen LogP contribution in [0.1, 0.15) is 67.3 Å². The number of hydrogen-bond donors (Lipinski definition) is 2. The van der Waals surface area contributed by atoms with Crippen LogP contribution in [-0.4, -0.2) is 17.6 Å². The first-order valence-corrected chi connectivity index (χ1v) is 12.9. The predicted octanol–water partition coefficient (Wildman–Crippen LogP) is 4.48. The molecule has 2 rings (SSSR count). The monoisotopic (exact) mass is 490 g/mol. The van der Waals surface area contributed by atoms with Crippen LogP contribution in [0.25, 0.3) is 0 Å². The first-order chi connectivity index (χ1) is 12.6. The second kappa shape index (κ2) is 11.6. The summed E-state index contributed by atoms with van der Waals surface area (Å²) in [6.07, 6.45) is 6.70. The Labute approximate surface area is 168 Å². The van der Waals surface area contributed by atoms with E-state index in [9.17, 15) is 14.4 Å². The number of carbonyl (C=O) groups excluding carboxylic acids is 3. The molecule has 2 amide bonds. The number of Topliss-reactive ketones (excluding diaryl/α,β-unsaturated/α-hetero) is 1. The van der Waals surface area contributed by atoms with Crippen molar-refractivity contribution in [2.24, 2.45) is 0 Å². The Morgan fingerprint density at radius 2 is 1.81 bits per heavy atom. The summed E-state index contributed by atoms with van der Waals surface area (Å²) in [5, 5.41) is 2.91. The Balaban J connectivity index is 1.62. The van der Waals surface area contributed by atoms with Crippen molar-refractivity contribution in [2.75, 3.05) is 5.32 Å². The van der Waals surface area contributed by atoms with Crippen LogP contribution >= 0.6 is 28.5 Å². The minimum atomic E-state index is -0.0993. The number of carbonyl (C=O) groups is 3. The summed E-state index contributed by atoms with van der Waals surface area (Å²) in [6.45, 7) is 0.218. The number of anilines is 1. The lowest BCUT2D eigenvalue weighted by atomic mass is 9.90. The highest BCUT2D eigenvalue weighted by atomic mass is 127. The summed E-state index contributed by atoms with van der Waals surface area (Å²) < 4.78 is 4.85. The fourth-order valence-electron chi connectivity index (χ4n) is 3.00. The van der Waals surface area contributed by atoms with Gasteiger partial charge in [0.25, 0.3) is 0 Å². The molecule has 8 heteroatoms. The number of amides is 2. The summed E-state index contributed by atoms with van der Waals surface area (Å²) >= 11 is 2.04. The zero-order valence-electron chi connectivity index (χ0n) is 14.6. The molecule has 1 aromatic carbocycles. The molecule has 0 radical (unpaired) electrons. The number of aryl methyl sites for hydroxylation is 1. The molecule has 0 heterocycles. The van der Waals surface area contributed by atoms with Crippen molar-refractivity contribution >= 4 is 51.8 Å². The Hall–Kier alpha value is -1.05. The Morgan fingerprint density at radius 3 is 2.54 bits per heavy atom. The third-order valence-corrected chi connectivity index (χ3v) is 5.14. The predicted molar refractivity (Wildman–Crippen MR) is 112 cm³/mol. The maximum atomic E-state index is 12.0. The summed E-state index contributed by atoms with van der Waals surface area (Å²) in [6, 6.07) is 5.54. The van der Waals surface area contributed by atoms with E-state index in [-0.39, 0.29) is 24.0 Å². The quantitative estimate of drug-likeness (QED) is 0.219. The zero-order valence-corrected chi connectivity index (χ0v) is 17.8. The number of benzene rings is 1. The highest BCUT2D eigenvalue weighted by molar-refractivity contribution is 14.2. The molecule has 1 atom stereocenters. The molecule has 0 aromatic heterocycles. The van der Waals surface area contributed by atoms with Crippen LogP contribution in [0.4, 0.5) is 5.69 Å². The van der Waals surface area contributed by atoms with E-state index >= 15 is 0 Å². The van der Waals surface area contributed by atoms with Crippen molar-refractivity contribution in [3.05, 3.63) is 29.3 Å². The molecular weight excluding hydrogens is 466 g/mol. The van der Waals surface area contributed by atoms with E-state index in [0.717, 1.165) is 55.3 Å². The number of halogens is 1. The molecule has 1 aliphatic carbocycles. The van der Waals surface area contributed by atoms with E-state index in [4.69, 9.17) is 4.62 Å². The molecule has 1 unspecified atom stereocenters. The number of nitrogens with one attached hydrogen (secondary N) is 2. The molecular formula is C18H24IN2O4P. The lowest BCUT2D eigenvalue weighted by Crippen LogP contribution is -2.19. The molecule has 0 bridgehead atoms. The average molecular weight is 490 g/mol. The van der Waals surface area contributed by atoms with Gasteiger partial charge in [0.15, 0.2) is 5.78 Å². The molecule has 1 aromatic rings. The summed E-state index contributed by atoms with van der Waals surface area (Å²) in [5.74, 6) is 0.0816. The summed E-state index contributed by atoms with van der Waals surface area (Å²) in [5.41, 5.74) is 4.96. The van der Waals surface area contributed by atoms with E-state index in [1.165, 1.54) is 0 Å². The number of hydrogen-bond acceptors (Lipinski definition) is 4. The number of fused-ring (bicyclic) bond motifs is 1. The molecule has 0 aliphatic heterocycles. The molecule has 2 N–H and O–H groups in total. The topological polar surface area (TPSA) is 84.5 Å². The molecule has 26 heavy (non-hydrogen) atoms. The summed E-state index contributed by atoms with van der Waals surface area (Å²) in [7, 11) is 0. The fraction of sp³-hybridized carbons (Fsp3) is 0.500. The van der Waals surface area contributed by atoms with Gasteiger partial charge in [-0.3, -0.25) is 14.4 Å². The Morgan fingerprint density at radius 1 is 1.08 bits per heavy atom. The third kappa shape index (κ3) is 7.29.